The van der Waals surface area contributed by atoms with Crippen molar-refractivity contribution < 1.29 is 18.9 Å². The molecule has 2 aromatic rings. The average Bonchev–Trinajstić information content (AvgIpc) is 3.03. The predicted molar refractivity (Wildman–Crippen MR) is 104 cm³/mol. The molecule has 140 valence electrons. The fourth-order valence-corrected chi connectivity index (χ4v) is 2.69. The second kappa shape index (κ2) is 9.00. The molecule has 1 atom stereocenters. The van der Waals surface area contributed by atoms with E-state index in [0.29, 0.717) is 13.1 Å². The minimum Gasteiger partial charge on any atom is -0.455 e. The van der Waals surface area contributed by atoms with Crippen LogP contribution in [0.15, 0.2) is 45.3 Å². The number of rotatable bonds is 7. The molecule has 1 aromatic heterocycles. The normalized spacial score (nSPS) is 11.9. The molecule has 0 saturated carbocycles. The van der Waals surface area contributed by atoms with E-state index in [9.17, 15) is 9.59 Å². The standard InChI is InChI=1S/C19H24BrN3O3/c1-21(2)18(24)13-23(4)19(25)12-22(3)11-16-9-10-17(26-16)14-5-7-15(20)8-6-14/h5-10H,11-13H2,1-4H3/p+1. The minimum absolute atomic E-state index is 0.0719. The number of carbonyl (C=O) groups is 2. The van der Waals surface area contributed by atoms with E-state index in [1.165, 1.54) is 9.80 Å². The van der Waals surface area contributed by atoms with Gasteiger partial charge in [0.1, 0.15) is 12.3 Å². The molecule has 2 amide bonds. The molecule has 0 radical (unpaired) electrons. The second-order valence-corrected chi connectivity index (χ2v) is 7.54. The van der Waals surface area contributed by atoms with Crippen molar-refractivity contribution in [1.82, 2.24) is 9.80 Å². The van der Waals surface area contributed by atoms with Crippen LogP contribution in [0.25, 0.3) is 11.3 Å². The van der Waals surface area contributed by atoms with Crippen LogP contribution in [0.4, 0.5) is 0 Å². The number of quaternary nitrogens is 1. The molecule has 26 heavy (non-hydrogen) atoms. The molecule has 6 nitrogen and oxygen atoms in total. The van der Waals surface area contributed by atoms with Crippen molar-refractivity contribution in [3.63, 3.8) is 0 Å². The number of halogens is 1. The lowest BCUT2D eigenvalue weighted by Gasteiger charge is -2.20. The van der Waals surface area contributed by atoms with Crippen molar-refractivity contribution in [2.75, 3.05) is 41.3 Å². The summed E-state index contributed by atoms with van der Waals surface area (Å²) in [4.78, 5) is 27.9. The Kier molecular flexibility index (Phi) is 6.99. The van der Waals surface area contributed by atoms with Crippen LogP contribution in [-0.2, 0) is 16.1 Å². The fourth-order valence-electron chi connectivity index (χ4n) is 2.43. The number of nitrogens with one attached hydrogen (secondary N) is 1. The van der Waals surface area contributed by atoms with Crippen molar-refractivity contribution in [1.29, 1.82) is 0 Å². The Morgan fingerprint density at radius 2 is 1.69 bits per heavy atom. The summed E-state index contributed by atoms with van der Waals surface area (Å²) in [7, 11) is 6.94. The molecule has 0 aliphatic rings. The maximum absolute atomic E-state index is 12.3. The first-order chi connectivity index (χ1) is 12.3. The number of hydrogen-bond donors (Lipinski definition) is 1. The summed E-state index contributed by atoms with van der Waals surface area (Å²) in [5, 5.41) is 0. The van der Waals surface area contributed by atoms with Gasteiger partial charge in [0.25, 0.3) is 5.91 Å². The first-order valence-electron chi connectivity index (χ1n) is 8.36. The van der Waals surface area contributed by atoms with Gasteiger partial charge in [-0.15, -0.1) is 0 Å². The summed E-state index contributed by atoms with van der Waals surface area (Å²) in [5.41, 5.74) is 1.01. The number of nitrogens with zero attached hydrogens (tertiary/aromatic N) is 2. The number of benzene rings is 1. The SMILES string of the molecule is CN(C)C(=O)CN(C)C(=O)C[NH+](C)Cc1ccc(-c2ccc(Br)cc2)o1. The topological polar surface area (TPSA) is 58.2 Å². The van der Waals surface area contributed by atoms with Gasteiger partial charge in [-0.25, -0.2) is 0 Å². The minimum atomic E-state index is -0.0938. The Labute approximate surface area is 162 Å². The molecule has 2 rings (SSSR count). The molecule has 1 unspecified atom stereocenters. The van der Waals surface area contributed by atoms with Gasteiger partial charge in [-0.1, -0.05) is 28.1 Å². The third-order valence-corrected chi connectivity index (χ3v) is 4.55. The van der Waals surface area contributed by atoms with Crippen molar-refractivity contribution in [2.45, 2.75) is 6.54 Å². The smallest absolute Gasteiger partial charge is 0.277 e. The van der Waals surface area contributed by atoms with E-state index in [0.717, 1.165) is 26.5 Å². The van der Waals surface area contributed by atoms with Crippen molar-refractivity contribution >= 4 is 27.7 Å². The highest BCUT2D eigenvalue weighted by Gasteiger charge is 2.19. The second-order valence-electron chi connectivity index (χ2n) is 6.62. The summed E-state index contributed by atoms with van der Waals surface area (Å²) < 4.78 is 6.92. The van der Waals surface area contributed by atoms with Gasteiger partial charge in [-0.05, 0) is 24.3 Å². The molecule has 1 aromatic carbocycles. The first kappa shape index (κ1) is 20.2. The lowest BCUT2D eigenvalue weighted by Crippen LogP contribution is -3.08. The predicted octanol–water partition coefficient (Wildman–Crippen LogP) is 1.27. The third-order valence-electron chi connectivity index (χ3n) is 4.02. The number of hydrogen-bond acceptors (Lipinski definition) is 3. The Morgan fingerprint density at radius 1 is 1.04 bits per heavy atom. The molecule has 0 bridgehead atoms. The first-order valence-corrected chi connectivity index (χ1v) is 9.15. The van der Waals surface area contributed by atoms with Crippen LogP contribution in [0.3, 0.4) is 0 Å². The Hall–Kier alpha value is -2.12. The zero-order valence-electron chi connectivity index (χ0n) is 15.6. The van der Waals surface area contributed by atoms with Gasteiger partial charge in [0.2, 0.25) is 5.91 Å². The Bertz CT molecular complexity index is 756. The van der Waals surface area contributed by atoms with Crippen LogP contribution >= 0.6 is 15.9 Å². The van der Waals surface area contributed by atoms with Crippen LogP contribution in [0.5, 0.6) is 0 Å². The summed E-state index contributed by atoms with van der Waals surface area (Å²) in [6, 6.07) is 11.8. The van der Waals surface area contributed by atoms with Crippen LogP contribution in [0, 0.1) is 0 Å². The average molecular weight is 423 g/mol. The van der Waals surface area contributed by atoms with Gasteiger partial charge in [0.05, 0.1) is 13.6 Å². The van der Waals surface area contributed by atoms with E-state index in [1.807, 2.05) is 43.4 Å². The maximum Gasteiger partial charge on any atom is 0.277 e. The number of amides is 2. The third kappa shape index (κ3) is 5.71. The highest BCUT2D eigenvalue weighted by Crippen LogP contribution is 2.23. The fraction of sp³-hybridized carbons (Fsp3) is 0.368. The number of likely N-dealkylation sites (N-methyl/N-ethyl adjacent to an activating group) is 3. The van der Waals surface area contributed by atoms with Gasteiger partial charge >= 0.3 is 0 Å². The molecular formula is C19H25BrN3O3+. The number of furan rings is 1. The summed E-state index contributed by atoms with van der Waals surface area (Å²) >= 11 is 3.42. The molecule has 7 heteroatoms. The summed E-state index contributed by atoms with van der Waals surface area (Å²) in [5.74, 6) is 1.46. The lowest BCUT2D eigenvalue weighted by molar-refractivity contribution is -0.886. The monoisotopic (exact) mass is 422 g/mol. The van der Waals surface area contributed by atoms with Crippen molar-refractivity contribution in [2.24, 2.45) is 0 Å². The van der Waals surface area contributed by atoms with E-state index in [-0.39, 0.29) is 18.4 Å². The molecule has 0 fully saturated rings. The van der Waals surface area contributed by atoms with Crippen LogP contribution in [-0.4, -0.2) is 62.9 Å². The van der Waals surface area contributed by atoms with Crippen LogP contribution < -0.4 is 4.90 Å². The largest absolute Gasteiger partial charge is 0.455 e. The molecule has 0 aliphatic carbocycles. The van der Waals surface area contributed by atoms with E-state index >= 15 is 0 Å². The Morgan fingerprint density at radius 3 is 2.31 bits per heavy atom. The highest BCUT2D eigenvalue weighted by molar-refractivity contribution is 9.10. The molecular weight excluding hydrogens is 398 g/mol. The summed E-state index contributed by atoms with van der Waals surface area (Å²) in [6.45, 7) is 0.983. The van der Waals surface area contributed by atoms with E-state index in [4.69, 9.17) is 4.42 Å². The number of carbonyl (C=O) groups excluding carboxylic acids is 2. The zero-order valence-corrected chi connectivity index (χ0v) is 17.2. The highest BCUT2D eigenvalue weighted by atomic mass is 79.9. The van der Waals surface area contributed by atoms with Crippen LogP contribution in [0.1, 0.15) is 5.76 Å². The lowest BCUT2D eigenvalue weighted by atomic mass is 10.2. The molecule has 0 aliphatic heterocycles. The van der Waals surface area contributed by atoms with Gasteiger partial charge < -0.3 is 19.1 Å². The quantitative estimate of drug-likeness (QED) is 0.730. The van der Waals surface area contributed by atoms with Gasteiger partial charge in [0.15, 0.2) is 12.3 Å². The molecule has 1 N–H and O–H groups in total. The van der Waals surface area contributed by atoms with Crippen LogP contribution in [0.2, 0.25) is 0 Å². The maximum atomic E-state index is 12.3. The zero-order chi connectivity index (χ0) is 19.3. The van der Waals surface area contributed by atoms with E-state index in [2.05, 4.69) is 15.9 Å². The molecule has 1 heterocycles. The van der Waals surface area contributed by atoms with Gasteiger partial charge in [0, 0.05) is 31.2 Å². The molecule has 0 saturated heterocycles. The van der Waals surface area contributed by atoms with Gasteiger partial charge in [-0.2, -0.15) is 0 Å². The summed E-state index contributed by atoms with van der Waals surface area (Å²) in [6.07, 6.45) is 0. The van der Waals surface area contributed by atoms with Crippen molar-refractivity contribution in [3.05, 3.63) is 46.6 Å². The Balaban J connectivity index is 1.89. The van der Waals surface area contributed by atoms with E-state index in [1.54, 1.807) is 21.1 Å². The molecule has 0 spiro atoms. The van der Waals surface area contributed by atoms with Crippen molar-refractivity contribution in [3.8, 4) is 11.3 Å². The van der Waals surface area contributed by atoms with Gasteiger partial charge in [-0.3, -0.25) is 9.59 Å². The van der Waals surface area contributed by atoms with E-state index < -0.39 is 0 Å².